The van der Waals surface area contributed by atoms with Crippen LogP contribution in [0.3, 0.4) is 0 Å². The molecule has 1 saturated carbocycles. The van der Waals surface area contributed by atoms with Crippen LogP contribution < -0.4 is 0 Å². The average Bonchev–Trinajstić information content (AvgIpc) is 2.84. The number of H-pyrrole nitrogens is 1. The van der Waals surface area contributed by atoms with Crippen molar-refractivity contribution in [2.45, 2.75) is 31.1 Å². The van der Waals surface area contributed by atoms with Gasteiger partial charge in [-0.25, -0.2) is 0 Å². The Morgan fingerprint density at radius 3 is 2.63 bits per heavy atom. The second-order valence-electron chi connectivity index (χ2n) is 5.24. The highest BCUT2D eigenvalue weighted by molar-refractivity contribution is 5.69. The summed E-state index contributed by atoms with van der Waals surface area (Å²) in [6.45, 7) is 0. The number of carbonyl (C=O) groups is 1. The summed E-state index contributed by atoms with van der Waals surface area (Å²) in [5.41, 5.74) is 2.66. The number of carboxylic acid groups (broad SMARTS) is 1. The van der Waals surface area contributed by atoms with E-state index in [9.17, 15) is 4.79 Å². The summed E-state index contributed by atoms with van der Waals surface area (Å²) in [7, 11) is 0. The third-order valence-electron chi connectivity index (χ3n) is 4.02. The molecule has 1 aromatic heterocycles. The molecule has 98 valence electrons. The number of rotatable bonds is 4. The molecule has 1 heterocycles. The van der Waals surface area contributed by atoms with Gasteiger partial charge >= 0.3 is 5.97 Å². The van der Waals surface area contributed by atoms with Crippen LogP contribution in [0.5, 0.6) is 0 Å². The number of aliphatic carboxylic acids is 1. The minimum absolute atomic E-state index is 0.184. The molecule has 2 aromatic rings. The number of hydrogen-bond acceptors (Lipinski definition) is 2. The zero-order valence-electron chi connectivity index (χ0n) is 10.6. The number of nitrogens with one attached hydrogen (secondary N) is 1. The van der Waals surface area contributed by atoms with Crippen molar-refractivity contribution in [1.29, 1.82) is 0 Å². The third kappa shape index (κ3) is 2.14. The standard InChI is InChI=1S/C15H16N2O2/c18-14(19)10-15(7-4-8-15)13-9-12(16-17-13)11-5-2-1-3-6-11/h1-3,5-6,9H,4,7-8,10H2,(H,16,17)(H,18,19). The summed E-state index contributed by atoms with van der Waals surface area (Å²) in [5.74, 6) is -0.740. The van der Waals surface area contributed by atoms with E-state index in [1.165, 1.54) is 0 Å². The lowest BCUT2D eigenvalue weighted by atomic mass is 9.64. The maximum absolute atomic E-state index is 11.0. The lowest BCUT2D eigenvalue weighted by molar-refractivity contribution is -0.139. The summed E-state index contributed by atoms with van der Waals surface area (Å²) in [6, 6.07) is 11.9. The van der Waals surface area contributed by atoms with E-state index in [-0.39, 0.29) is 11.8 Å². The van der Waals surface area contributed by atoms with Crippen LogP contribution in [-0.4, -0.2) is 21.3 Å². The first-order chi connectivity index (χ1) is 9.20. The van der Waals surface area contributed by atoms with Gasteiger partial charge in [0.15, 0.2) is 0 Å². The van der Waals surface area contributed by atoms with Crippen molar-refractivity contribution in [2.75, 3.05) is 0 Å². The van der Waals surface area contributed by atoms with Gasteiger partial charge in [-0.1, -0.05) is 36.8 Å². The number of benzene rings is 1. The summed E-state index contributed by atoms with van der Waals surface area (Å²) in [4.78, 5) is 11.0. The molecule has 0 unspecified atom stereocenters. The summed E-state index contributed by atoms with van der Waals surface area (Å²) in [6.07, 6.45) is 3.13. The van der Waals surface area contributed by atoms with Gasteiger partial charge in [-0.2, -0.15) is 5.10 Å². The minimum atomic E-state index is -0.740. The maximum Gasteiger partial charge on any atom is 0.304 e. The third-order valence-corrected chi connectivity index (χ3v) is 4.02. The summed E-state index contributed by atoms with van der Waals surface area (Å²) in [5, 5.41) is 16.4. The largest absolute Gasteiger partial charge is 0.481 e. The lowest BCUT2D eigenvalue weighted by Gasteiger charge is -2.39. The highest BCUT2D eigenvalue weighted by atomic mass is 16.4. The van der Waals surface area contributed by atoms with E-state index in [2.05, 4.69) is 10.2 Å². The molecule has 0 saturated heterocycles. The second-order valence-corrected chi connectivity index (χ2v) is 5.24. The van der Waals surface area contributed by atoms with Crippen LogP contribution in [0, 0.1) is 0 Å². The fourth-order valence-corrected chi connectivity index (χ4v) is 2.78. The molecule has 4 heteroatoms. The quantitative estimate of drug-likeness (QED) is 0.883. The molecular weight excluding hydrogens is 240 g/mol. The Kier molecular flexibility index (Phi) is 2.85. The monoisotopic (exact) mass is 256 g/mol. The van der Waals surface area contributed by atoms with Gasteiger partial charge in [-0.15, -0.1) is 0 Å². The van der Waals surface area contributed by atoms with E-state index in [1.54, 1.807) is 0 Å². The van der Waals surface area contributed by atoms with Crippen molar-refractivity contribution in [3.8, 4) is 11.3 Å². The topological polar surface area (TPSA) is 66.0 Å². The van der Waals surface area contributed by atoms with E-state index < -0.39 is 5.97 Å². The molecule has 2 N–H and O–H groups in total. The van der Waals surface area contributed by atoms with E-state index in [4.69, 9.17) is 5.11 Å². The zero-order valence-corrected chi connectivity index (χ0v) is 10.6. The first-order valence-corrected chi connectivity index (χ1v) is 6.53. The van der Waals surface area contributed by atoms with E-state index >= 15 is 0 Å². The van der Waals surface area contributed by atoms with Gasteiger partial charge in [0.25, 0.3) is 0 Å². The maximum atomic E-state index is 11.0. The normalized spacial score (nSPS) is 16.8. The Bertz CT molecular complexity index is 585. The summed E-state index contributed by atoms with van der Waals surface area (Å²) < 4.78 is 0. The van der Waals surface area contributed by atoms with Gasteiger partial charge in [-0.3, -0.25) is 9.89 Å². The van der Waals surface area contributed by atoms with Crippen LogP contribution in [0.1, 0.15) is 31.4 Å². The van der Waals surface area contributed by atoms with Crippen molar-refractivity contribution in [3.05, 3.63) is 42.1 Å². The van der Waals surface area contributed by atoms with Gasteiger partial charge in [0.2, 0.25) is 0 Å². The minimum Gasteiger partial charge on any atom is -0.481 e. The first-order valence-electron chi connectivity index (χ1n) is 6.53. The molecule has 1 aliphatic carbocycles. The van der Waals surface area contributed by atoms with Crippen molar-refractivity contribution >= 4 is 5.97 Å². The average molecular weight is 256 g/mol. The summed E-state index contributed by atoms with van der Waals surface area (Å²) >= 11 is 0. The Hall–Kier alpha value is -2.10. The molecule has 1 aromatic carbocycles. The molecule has 19 heavy (non-hydrogen) atoms. The molecule has 0 aliphatic heterocycles. The molecule has 0 atom stereocenters. The van der Waals surface area contributed by atoms with Gasteiger partial charge < -0.3 is 5.11 Å². The number of carboxylic acids is 1. The smallest absolute Gasteiger partial charge is 0.304 e. The number of nitrogens with zero attached hydrogens (tertiary/aromatic N) is 1. The van der Waals surface area contributed by atoms with Crippen molar-refractivity contribution in [2.24, 2.45) is 0 Å². The van der Waals surface area contributed by atoms with Crippen LogP contribution in [0.2, 0.25) is 0 Å². The van der Waals surface area contributed by atoms with Crippen LogP contribution in [0.15, 0.2) is 36.4 Å². The predicted octanol–water partition coefficient (Wildman–Crippen LogP) is 2.97. The van der Waals surface area contributed by atoms with Gasteiger partial charge in [0, 0.05) is 16.7 Å². The molecular formula is C15H16N2O2. The number of hydrogen-bond donors (Lipinski definition) is 2. The Balaban J connectivity index is 1.90. The Labute approximate surface area is 111 Å². The lowest BCUT2D eigenvalue weighted by Crippen LogP contribution is -2.36. The highest BCUT2D eigenvalue weighted by Crippen LogP contribution is 2.46. The van der Waals surface area contributed by atoms with E-state index in [0.29, 0.717) is 0 Å². The SMILES string of the molecule is O=C(O)CC1(c2cc(-c3ccccc3)n[nH]2)CCC1. The van der Waals surface area contributed by atoms with Crippen LogP contribution in [0.4, 0.5) is 0 Å². The molecule has 4 nitrogen and oxygen atoms in total. The number of aromatic amines is 1. The van der Waals surface area contributed by atoms with Crippen LogP contribution in [-0.2, 0) is 10.2 Å². The van der Waals surface area contributed by atoms with Crippen molar-refractivity contribution in [1.82, 2.24) is 10.2 Å². The predicted molar refractivity (Wildman–Crippen MR) is 71.8 cm³/mol. The Morgan fingerprint density at radius 1 is 1.32 bits per heavy atom. The molecule has 1 fully saturated rings. The van der Waals surface area contributed by atoms with Gasteiger partial charge in [-0.05, 0) is 18.9 Å². The van der Waals surface area contributed by atoms with Crippen LogP contribution in [0.25, 0.3) is 11.3 Å². The molecule has 3 rings (SSSR count). The van der Waals surface area contributed by atoms with Crippen molar-refractivity contribution < 1.29 is 9.90 Å². The molecule has 0 spiro atoms. The van der Waals surface area contributed by atoms with Crippen molar-refractivity contribution in [3.63, 3.8) is 0 Å². The van der Waals surface area contributed by atoms with E-state index in [0.717, 1.165) is 36.2 Å². The molecule has 0 amide bonds. The van der Waals surface area contributed by atoms with Gasteiger partial charge in [0.05, 0.1) is 12.1 Å². The molecule has 0 radical (unpaired) electrons. The van der Waals surface area contributed by atoms with E-state index in [1.807, 2.05) is 36.4 Å². The first kappa shape index (κ1) is 12.0. The molecule has 0 bridgehead atoms. The fourth-order valence-electron chi connectivity index (χ4n) is 2.78. The Morgan fingerprint density at radius 2 is 2.05 bits per heavy atom. The fraction of sp³-hybridized carbons (Fsp3) is 0.333. The van der Waals surface area contributed by atoms with Crippen LogP contribution >= 0.6 is 0 Å². The molecule has 1 aliphatic rings. The second kappa shape index (κ2) is 4.53. The zero-order chi connectivity index (χ0) is 13.3. The highest BCUT2D eigenvalue weighted by Gasteiger charge is 2.42. The van der Waals surface area contributed by atoms with Gasteiger partial charge in [0.1, 0.15) is 0 Å². The number of aromatic nitrogens is 2.